The second-order valence-corrected chi connectivity index (χ2v) is 9.14. The molecule has 1 aromatic heterocycles. The number of carbonyl (C=O) groups excluding carboxylic acids is 1. The largest absolute Gasteiger partial charge is 0.491 e. The molecule has 0 radical (unpaired) electrons. The van der Waals surface area contributed by atoms with Gasteiger partial charge in [-0.2, -0.15) is 4.80 Å². The second-order valence-electron chi connectivity index (χ2n) is 8.73. The van der Waals surface area contributed by atoms with Crippen molar-refractivity contribution in [2.75, 3.05) is 5.32 Å². The van der Waals surface area contributed by atoms with E-state index in [1.54, 1.807) is 29.1 Å². The summed E-state index contributed by atoms with van der Waals surface area (Å²) in [5.74, 6) is 0.437. The number of amides is 1. The van der Waals surface area contributed by atoms with Crippen LogP contribution in [0.1, 0.15) is 56.0 Å². The predicted octanol–water partition coefficient (Wildman–Crippen LogP) is 6.07. The standard InChI is InChI=1S/C28H31N5O2S/c1-4-6-7-20-8-13-23(14-9-20)33-31-25-17-12-22(18-26(25)32-33)29-28(36)30-27(34)21-10-15-24(16-11-21)35-19(3)5-2/h8-19H,4-7H2,1-3H3,(H2,29,30,34,36)/t19-/m1/s1. The smallest absolute Gasteiger partial charge is 0.257 e. The highest BCUT2D eigenvalue weighted by molar-refractivity contribution is 7.80. The van der Waals surface area contributed by atoms with Gasteiger partial charge in [0.1, 0.15) is 16.8 Å². The van der Waals surface area contributed by atoms with Crippen LogP contribution in [0.3, 0.4) is 0 Å². The quantitative estimate of drug-likeness (QED) is 0.271. The number of nitrogens with zero attached hydrogens (tertiary/aromatic N) is 3. The number of unbranched alkanes of at least 4 members (excludes halogenated alkanes) is 1. The first-order valence-electron chi connectivity index (χ1n) is 12.3. The lowest BCUT2D eigenvalue weighted by atomic mass is 10.1. The molecule has 0 aliphatic carbocycles. The third kappa shape index (κ3) is 6.46. The van der Waals surface area contributed by atoms with Gasteiger partial charge in [0.05, 0.1) is 11.8 Å². The lowest BCUT2D eigenvalue weighted by Crippen LogP contribution is -2.34. The fourth-order valence-corrected chi connectivity index (χ4v) is 3.83. The monoisotopic (exact) mass is 501 g/mol. The van der Waals surface area contributed by atoms with E-state index < -0.39 is 0 Å². The number of thiocarbonyl (C=S) groups is 1. The summed E-state index contributed by atoms with van der Waals surface area (Å²) in [7, 11) is 0. The zero-order valence-electron chi connectivity index (χ0n) is 20.8. The van der Waals surface area contributed by atoms with Gasteiger partial charge >= 0.3 is 0 Å². The molecule has 8 heteroatoms. The van der Waals surface area contributed by atoms with E-state index in [1.165, 1.54) is 18.4 Å². The number of hydrogen-bond donors (Lipinski definition) is 2. The molecule has 0 unspecified atom stereocenters. The molecule has 0 fully saturated rings. The molecule has 4 rings (SSSR count). The van der Waals surface area contributed by atoms with Crippen LogP contribution in [-0.4, -0.2) is 32.1 Å². The number of carbonyl (C=O) groups is 1. The molecule has 1 heterocycles. The van der Waals surface area contributed by atoms with E-state index in [2.05, 4.69) is 46.8 Å². The number of hydrogen-bond acceptors (Lipinski definition) is 5. The Bertz CT molecular complexity index is 1330. The van der Waals surface area contributed by atoms with E-state index in [0.717, 1.165) is 35.3 Å². The third-order valence-corrected chi connectivity index (χ3v) is 6.08. The molecule has 1 amide bonds. The normalized spacial score (nSPS) is 11.8. The number of benzene rings is 3. The van der Waals surface area contributed by atoms with Crippen LogP contribution in [0.2, 0.25) is 0 Å². The summed E-state index contributed by atoms with van der Waals surface area (Å²) in [5, 5.41) is 15.2. The van der Waals surface area contributed by atoms with Crippen molar-refractivity contribution in [3.05, 3.63) is 77.9 Å². The van der Waals surface area contributed by atoms with E-state index in [4.69, 9.17) is 17.0 Å². The van der Waals surface area contributed by atoms with Crippen molar-refractivity contribution in [1.29, 1.82) is 0 Å². The van der Waals surface area contributed by atoms with Crippen LogP contribution in [0, 0.1) is 0 Å². The topological polar surface area (TPSA) is 81.1 Å². The van der Waals surface area contributed by atoms with Gasteiger partial charge in [0.25, 0.3) is 5.91 Å². The summed E-state index contributed by atoms with van der Waals surface area (Å²) in [6.07, 6.45) is 4.47. The average Bonchev–Trinajstić information content (AvgIpc) is 3.31. The summed E-state index contributed by atoms with van der Waals surface area (Å²) >= 11 is 5.35. The van der Waals surface area contributed by atoms with Crippen molar-refractivity contribution in [2.24, 2.45) is 0 Å². The Kier molecular flexibility index (Phi) is 8.28. The summed E-state index contributed by atoms with van der Waals surface area (Å²) in [4.78, 5) is 14.2. The Morgan fingerprint density at radius 2 is 1.72 bits per heavy atom. The highest BCUT2D eigenvalue weighted by Gasteiger charge is 2.11. The molecule has 0 spiro atoms. The van der Waals surface area contributed by atoms with Gasteiger partial charge < -0.3 is 10.1 Å². The summed E-state index contributed by atoms with van der Waals surface area (Å²) < 4.78 is 5.76. The molecule has 0 saturated carbocycles. The molecule has 1 atom stereocenters. The summed E-state index contributed by atoms with van der Waals surface area (Å²) in [6.45, 7) is 6.27. The Morgan fingerprint density at radius 3 is 2.42 bits per heavy atom. The maximum atomic E-state index is 12.6. The van der Waals surface area contributed by atoms with Gasteiger partial charge in [-0.3, -0.25) is 10.1 Å². The van der Waals surface area contributed by atoms with Crippen molar-refractivity contribution in [3.8, 4) is 11.4 Å². The molecule has 36 heavy (non-hydrogen) atoms. The van der Waals surface area contributed by atoms with Crippen LogP contribution in [0.15, 0.2) is 66.7 Å². The number of anilines is 1. The fraction of sp³-hybridized carbons (Fsp3) is 0.286. The first kappa shape index (κ1) is 25.3. The van der Waals surface area contributed by atoms with E-state index in [9.17, 15) is 4.79 Å². The van der Waals surface area contributed by atoms with Crippen molar-refractivity contribution in [2.45, 2.75) is 52.6 Å². The Morgan fingerprint density at radius 1 is 1.00 bits per heavy atom. The van der Waals surface area contributed by atoms with E-state index in [0.29, 0.717) is 11.3 Å². The first-order chi connectivity index (χ1) is 17.4. The third-order valence-electron chi connectivity index (χ3n) is 5.88. The van der Waals surface area contributed by atoms with Crippen molar-refractivity contribution in [3.63, 3.8) is 0 Å². The van der Waals surface area contributed by atoms with Gasteiger partial charge in [0.15, 0.2) is 5.11 Å². The Hall–Kier alpha value is -3.78. The second kappa shape index (κ2) is 11.8. The number of ether oxygens (including phenoxy) is 1. The van der Waals surface area contributed by atoms with Gasteiger partial charge in [0, 0.05) is 11.3 Å². The number of rotatable bonds is 9. The molecule has 2 N–H and O–H groups in total. The minimum atomic E-state index is -0.294. The first-order valence-corrected chi connectivity index (χ1v) is 12.7. The highest BCUT2D eigenvalue weighted by Crippen LogP contribution is 2.19. The minimum Gasteiger partial charge on any atom is -0.491 e. The van der Waals surface area contributed by atoms with Gasteiger partial charge in [-0.15, -0.1) is 10.2 Å². The molecule has 186 valence electrons. The molecule has 0 bridgehead atoms. The molecular weight excluding hydrogens is 470 g/mol. The number of fused-ring (bicyclic) bond motifs is 1. The fourth-order valence-electron chi connectivity index (χ4n) is 3.62. The van der Waals surface area contributed by atoms with Gasteiger partial charge in [0.2, 0.25) is 0 Å². The lowest BCUT2D eigenvalue weighted by Gasteiger charge is -2.13. The number of aryl methyl sites for hydroxylation is 1. The van der Waals surface area contributed by atoms with Crippen LogP contribution in [-0.2, 0) is 6.42 Å². The van der Waals surface area contributed by atoms with Crippen LogP contribution >= 0.6 is 12.2 Å². The van der Waals surface area contributed by atoms with Crippen molar-refractivity contribution < 1.29 is 9.53 Å². The van der Waals surface area contributed by atoms with E-state index >= 15 is 0 Å². The van der Waals surface area contributed by atoms with Crippen molar-refractivity contribution in [1.82, 2.24) is 20.3 Å². The zero-order valence-corrected chi connectivity index (χ0v) is 21.6. The molecule has 7 nitrogen and oxygen atoms in total. The molecule has 3 aromatic carbocycles. The minimum absolute atomic E-state index is 0.122. The van der Waals surface area contributed by atoms with E-state index in [1.807, 2.05) is 37.3 Å². The molecule has 4 aromatic rings. The molecule has 0 aliphatic heterocycles. The average molecular weight is 502 g/mol. The van der Waals surface area contributed by atoms with Crippen LogP contribution < -0.4 is 15.4 Å². The maximum Gasteiger partial charge on any atom is 0.257 e. The van der Waals surface area contributed by atoms with Crippen LogP contribution in [0.5, 0.6) is 5.75 Å². The summed E-state index contributed by atoms with van der Waals surface area (Å²) in [6, 6.07) is 20.9. The van der Waals surface area contributed by atoms with Crippen LogP contribution in [0.25, 0.3) is 16.7 Å². The lowest BCUT2D eigenvalue weighted by molar-refractivity contribution is 0.0977. The number of nitrogens with one attached hydrogen (secondary N) is 2. The predicted molar refractivity (Wildman–Crippen MR) is 148 cm³/mol. The van der Waals surface area contributed by atoms with Gasteiger partial charge in [-0.1, -0.05) is 32.4 Å². The zero-order chi connectivity index (χ0) is 25.5. The molecule has 0 aliphatic rings. The molecular formula is C28H31N5O2S. The highest BCUT2D eigenvalue weighted by atomic mass is 32.1. The Balaban J connectivity index is 1.38. The Labute approximate surface area is 216 Å². The maximum absolute atomic E-state index is 12.6. The van der Waals surface area contributed by atoms with E-state index in [-0.39, 0.29) is 17.1 Å². The van der Waals surface area contributed by atoms with Gasteiger partial charge in [-0.05, 0) is 98.6 Å². The number of aromatic nitrogens is 3. The van der Waals surface area contributed by atoms with Gasteiger partial charge in [-0.25, -0.2) is 0 Å². The van der Waals surface area contributed by atoms with Crippen LogP contribution in [0.4, 0.5) is 5.69 Å². The molecule has 0 saturated heterocycles. The summed E-state index contributed by atoms with van der Waals surface area (Å²) in [5.41, 5.74) is 4.92. The van der Waals surface area contributed by atoms with Crippen molar-refractivity contribution >= 4 is 40.0 Å². The SMILES string of the molecule is CCCCc1ccc(-n2nc3ccc(NC(=S)NC(=O)c4ccc(O[C@H](C)CC)cc4)cc3n2)cc1.